The summed E-state index contributed by atoms with van der Waals surface area (Å²) in [5.41, 5.74) is 1.33. The first-order chi connectivity index (χ1) is 10.2. The molecule has 0 unspecified atom stereocenters. The third kappa shape index (κ3) is 3.14. The van der Waals surface area contributed by atoms with Crippen LogP contribution in [-0.4, -0.2) is 28.4 Å². The molecule has 0 saturated carbocycles. The Hall–Kier alpha value is -2.96. The lowest BCUT2D eigenvalue weighted by Gasteiger charge is -2.18. The number of carbonyl (C=O) groups excluding carboxylic acids is 2. The number of benzene rings is 1. The van der Waals surface area contributed by atoms with Crippen LogP contribution in [0.25, 0.3) is 0 Å². The van der Waals surface area contributed by atoms with Gasteiger partial charge in [-0.3, -0.25) is 14.9 Å². The number of ether oxygens (including phenoxy) is 1. The molecule has 21 heavy (non-hydrogen) atoms. The Balaban J connectivity index is 1.69. The number of aromatic nitrogens is 2. The van der Waals surface area contributed by atoms with E-state index < -0.39 is 0 Å². The van der Waals surface area contributed by atoms with Crippen molar-refractivity contribution in [2.75, 3.05) is 17.2 Å². The lowest BCUT2D eigenvalue weighted by Crippen LogP contribution is -2.25. The van der Waals surface area contributed by atoms with E-state index in [1.165, 1.54) is 0 Å². The molecular weight excluding hydrogens is 272 g/mol. The fourth-order valence-corrected chi connectivity index (χ4v) is 1.96. The average Bonchev–Trinajstić information content (AvgIpc) is 2.47. The molecule has 0 radical (unpaired) electrons. The molecule has 1 aliphatic heterocycles. The van der Waals surface area contributed by atoms with Crippen LogP contribution in [0, 0.1) is 0 Å². The van der Waals surface area contributed by atoms with Crippen molar-refractivity contribution in [2.45, 2.75) is 6.42 Å². The molecule has 2 N–H and O–H groups in total. The minimum absolute atomic E-state index is 0.0121. The van der Waals surface area contributed by atoms with Crippen LogP contribution in [0.3, 0.4) is 0 Å². The summed E-state index contributed by atoms with van der Waals surface area (Å²) in [6, 6.07) is 6.90. The highest BCUT2D eigenvalue weighted by molar-refractivity contribution is 5.96. The van der Waals surface area contributed by atoms with Crippen molar-refractivity contribution >= 4 is 23.5 Å². The van der Waals surface area contributed by atoms with Gasteiger partial charge in [-0.1, -0.05) is 6.07 Å². The summed E-state index contributed by atoms with van der Waals surface area (Å²) in [6.45, 7) is 0.0121. The van der Waals surface area contributed by atoms with Crippen LogP contribution in [0.15, 0.2) is 36.7 Å². The number of amides is 2. The van der Waals surface area contributed by atoms with E-state index in [1.54, 1.807) is 36.7 Å². The van der Waals surface area contributed by atoms with E-state index in [0.29, 0.717) is 11.4 Å². The highest BCUT2D eigenvalue weighted by atomic mass is 16.5. The van der Waals surface area contributed by atoms with E-state index in [9.17, 15) is 9.59 Å². The fourth-order valence-electron chi connectivity index (χ4n) is 1.96. The van der Waals surface area contributed by atoms with Crippen molar-refractivity contribution in [3.05, 3.63) is 42.2 Å². The average molecular weight is 284 g/mol. The maximum absolute atomic E-state index is 11.9. The van der Waals surface area contributed by atoms with Gasteiger partial charge in [-0.05, 0) is 23.8 Å². The molecule has 3 rings (SSSR count). The molecule has 7 heteroatoms. The molecule has 7 nitrogen and oxygen atoms in total. The highest BCUT2D eigenvalue weighted by Gasteiger charge is 2.16. The topological polar surface area (TPSA) is 93.2 Å². The number of hydrogen-bond donors (Lipinski definition) is 2. The van der Waals surface area contributed by atoms with E-state index in [0.717, 1.165) is 5.56 Å². The van der Waals surface area contributed by atoms with Crippen LogP contribution in [0.1, 0.15) is 5.56 Å². The molecular formula is C14H12N4O3. The number of nitrogens with zero attached hydrogens (tertiary/aromatic N) is 2. The number of anilines is 2. The predicted molar refractivity (Wildman–Crippen MR) is 74.9 cm³/mol. The largest absolute Gasteiger partial charge is 0.482 e. The van der Waals surface area contributed by atoms with E-state index in [1.807, 2.05) is 0 Å². The van der Waals surface area contributed by atoms with Gasteiger partial charge in [0.05, 0.1) is 12.1 Å². The molecule has 2 aromatic rings. The van der Waals surface area contributed by atoms with Crippen molar-refractivity contribution in [3.8, 4) is 5.75 Å². The minimum Gasteiger partial charge on any atom is -0.482 e. The Morgan fingerprint density at radius 2 is 2.14 bits per heavy atom. The number of fused-ring (bicyclic) bond motifs is 1. The molecule has 1 aliphatic rings. The molecule has 0 fully saturated rings. The smallest absolute Gasteiger partial charge is 0.262 e. The van der Waals surface area contributed by atoms with Gasteiger partial charge in [-0.15, -0.1) is 0 Å². The van der Waals surface area contributed by atoms with Crippen molar-refractivity contribution < 1.29 is 14.3 Å². The van der Waals surface area contributed by atoms with Gasteiger partial charge in [0.1, 0.15) is 5.75 Å². The number of rotatable bonds is 3. The summed E-state index contributed by atoms with van der Waals surface area (Å²) in [4.78, 5) is 31.0. The summed E-state index contributed by atoms with van der Waals surface area (Å²) < 4.78 is 5.26. The maximum atomic E-state index is 11.9. The van der Waals surface area contributed by atoms with Crippen molar-refractivity contribution in [2.24, 2.45) is 0 Å². The third-order valence-electron chi connectivity index (χ3n) is 2.86. The molecule has 0 spiro atoms. The van der Waals surface area contributed by atoms with E-state index in [-0.39, 0.29) is 30.8 Å². The first-order valence-corrected chi connectivity index (χ1v) is 6.33. The fraction of sp³-hybridized carbons (Fsp3) is 0.143. The Morgan fingerprint density at radius 1 is 1.33 bits per heavy atom. The third-order valence-corrected chi connectivity index (χ3v) is 2.86. The zero-order valence-electron chi connectivity index (χ0n) is 11.0. The zero-order valence-corrected chi connectivity index (χ0v) is 11.0. The van der Waals surface area contributed by atoms with Crippen LogP contribution in [0.2, 0.25) is 0 Å². The molecule has 0 bridgehead atoms. The molecule has 1 aromatic carbocycles. The van der Waals surface area contributed by atoms with Gasteiger partial charge in [0.2, 0.25) is 11.9 Å². The molecule has 0 aliphatic carbocycles. The number of hydrogen-bond acceptors (Lipinski definition) is 5. The molecule has 106 valence electrons. The maximum Gasteiger partial charge on any atom is 0.262 e. The monoisotopic (exact) mass is 284 g/mol. The lowest BCUT2D eigenvalue weighted by molar-refractivity contribution is -0.118. The van der Waals surface area contributed by atoms with Crippen LogP contribution in [0.4, 0.5) is 11.6 Å². The van der Waals surface area contributed by atoms with Crippen molar-refractivity contribution in [3.63, 3.8) is 0 Å². The lowest BCUT2D eigenvalue weighted by atomic mass is 10.1. The summed E-state index contributed by atoms with van der Waals surface area (Å²) in [5, 5.41) is 5.30. The molecule has 0 atom stereocenters. The summed E-state index contributed by atoms with van der Waals surface area (Å²) >= 11 is 0. The normalized spacial score (nSPS) is 12.9. The quantitative estimate of drug-likeness (QED) is 0.876. The van der Waals surface area contributed by atoms with Crippen LogP contribution in [0.5, 0.6) is 5.75 Å². The summed E-state index contributed by atoms with van der Waals surface area (Å²) in [7, 11) is 0. The zero-order chi connectivity index (χ0) is 14.7. The second kappa shape index (κ2) is 5.58. The second-order valence-electron chi connectivity index (χ2n) is 4.46. The van der Waals surface area contributed by atoms with Gasteiger partial charge in [-0.25, -0.2) is 9.97 Å². The summed E-state index contributed by atoms with van der Waals surface area (Å²) in [5.74, 6) is 0.424. The first-order valence-electron chi connectivity index (χ1n) is 6.33. The Labute approximate surface area is 120 Å². The standard InChI is InChI=1S/C14H12N4O3/c19-12(18-14-15-4-1-5-16-14)7-9-2-3-11-10(6-9)17-13(20)8-21-11/h1-6H,7-8H2,(H,17,20)(H,15,16,18,19). The van der Waals surface area contributed by atoms with Crippen molar-refractivity contribution in [1.82, 2.24) is 9.97 Å². The highest BCUT2D eigenvalue weighted by Crippen LogP contribution is 2.28. The molecule has 1 aromatic heterocycles. The van der Waals surface area contributed by atoms with E-state index in [4.69, 9.17) is 4.74 Å². The minimum atomic E-state index is -0.232. The van der Waals surface area contributed by atoms with Gasteiger partial charge in [0, 0.05) is 12.4 Å². The number of carbonyl (C=O) groups is 2. The first kappa shape index (κ1) is 13.0. The number of nitrogens with one attached hydrogen (secondary N) is 2. The van der Waals surface area contributed by atoms with Gasteiger partial charge in [-0.2, -0.15) is 0 Å². The Bertz CT molecular complexity index is 688. The molecule has 2 heterocycles. The second-order valence-corrected chi connectivity index (χ2v) is 4.46. The summed E-state index contributed by atoms with van der Waals surface area (Å²) in [6.07, 6.45) is 3.25. The van der Waals surface area contributed by atoms with Crippen molar-refractivity contribution in [1.29, 1.82) is 0 Å². The Kier molecular flexibility index (Phi) is 3.46. The van der Waals surface area contributed by atoms with Gasteiger partial charge in [0.25, 0.3) is 5.91 Å². The van der Waals surface area contributed by atoms with E-state index in [2.05, 4.69) is 20.6 Å². The van der Waals surface area contributed by atoms with Crippen LogP contribution >= 0.6 is 0 Å². The van der Waals surface area contributed by atoms with Crippen LogP contribution < -0.4 is 15.4 Å². The molecule has 2 amide bonds. The van der Waals surface area contributed by atoms with Gasteiger partial charge in [0.15, 0.2) is 6.61 Å². The Morgan fingerprint density at radius 3 is 2.95 bits per heavy atom. The SMILES string of the molecule is O=C(Cc1ccc2c(c1)NC(=O)CO2)Nc1ncccn1. The molecule has 0 saturated heterocycles. The van der Waals surface area contributed by atoms with Gasteiger partial charge < -0.3 is 10.1 Å². The van der Waals surface area contributed by atoms with E-state index >= 15 is 0 Å². The van der Waals surface area contributed by atoms with Gasteiger partial charge >= 0.3 is 0 Å². The predicted octanol–water partition coefficient (Wildman–Crippen LogP) is 0.989. The van der Waals surface area contributed by atoms with Crippen LogP contribution in [-0.2, 0) is 16.0 Å².